The van der Waals surface area contributed by atoms with Crippen molar-refractivity contribution in [2.24, 2.45) is 5.92 Å². The lowest BCUT2D eigenvalue weighted by atomic mass is 10.1. The van der Waals surface area contributed by atoms with Crippen molar-refractivity contribution in [1.82, 2.24) is 0 Å². The van der Waals surface area contributed by atoms with Crippen molar-refractivity contribution in [2.75, 3.05) is 16.8 Å². The number of hydrogen-bond donors (Lipinski definition) is 1. The van der Waals surface area contributed by atoms with Crippen LogP contribution in [-0.2, 0) is 11.2 Å². The molecule has 2 aromatic rings. The molecule has 0 spiro atoms. The lowest BCUT2D eigenvalue weighted by Gasteiger charge is -2.21. The van der Waals surface area contributed by atoms with Crippen molar-refractivity contribution < 1.29 is 14.5 Å². The van der Waals surface area contributed by atoms with Gasteiger partial charge in [0, 0.05) is 41.5 Å². The number of anilines is 2. The standard InChI is InChI=1S/C21H21N3O4/c25-20(15-6-9-18(10-7-15)24(27)28)22-17-8-5-14-11-12-23(19(14)13-17)21(26)16-3-1-2-4-16/h5-10,13,16H,1-4,11-12H2,(H,22,25). The molecule has 1 fully saturated rings. The average molecular weight is 379 g/mol. The van der Waals surface area contributed by atoms with Gasteiger partial charge in [-0.1, -0.05) is 18.9 Å². The third-order valence-corrected chi connectivity index (χ3v) is 5.55. The molecule has 1 saturated carbocycles. The highest BCUT2D eigenvalue weighted by Crippen LogP contribution is 2.35. The zero-order valence-electron chi connectivity index (χ0n) is 15.4. The Morgan fingerprint density at radius 1 is 1.07 bits per heavy atom. The second-order valence-corrected chi connectivity index (χ2v) is 7.32. The van der Waals surface area contributed by atoms with Crippen molar-refractivity contribution in [2.45, 2.75) is 32.1 Å². The van der Waals surface area contributed by atoms with Gasteiger partial charge in [-0.25, -0.2) is 0 Å². The van der Waals surface area contributed by atoms with Crippen LogP contribution < -0.4 is 10.2 Å². The quantitative estimate of drug-likeness (QED) is 0.643. The number of nitrogens with zero attached hydrogens (tertiary/aromatic N) is 2. The summed E-state index contributed by atoms with van der Waals surface area (Å²) in [6.45, 7) is 0.685. The molecule has 7 nitrogen and oxygen atoms in total. The maximum Gasteiger partial charge on any atom is 0.269 e. The van der Waals surface area contributed by atoms with Crippen LogP contribution >= 0.6 is 0 Å². The predicted molar refractivity (Wildman–Crippen MR) is 106 cm³/mol. The topological polar surface area (TPSA) is 92.6 Å². The second kappa shape index (κ2) is 7.42. The van der Waals surface area contributed by atoms with E-state index in [4.69, 9.17) is 0 Å². The SMILES string of the molecule is O=C(Nc1ccc2c(c1)N(C(=O)C1CCCC1)CC2)c1ccc([N+](=O)[O-])cc1. The lowest BCUT2D eigenvalue weighted by Crippen LogP contribution is -2.33. The molecule has 1 aliphatic carbocycles. The minimum Gasteiger partial charge on any atom is -0.322 e. The zero-order valence-corrected chi connectivity index (χ0v) is 15.4. The molecule has 144 valence electrons. The minimum absolute atomic E-state index is 0.0600. The molecule has 0 unspecified atom stereocenters. The van der Waals surface area contributed by atoms with Crippen LogP contribution in [0.25, 0.3) is 0 Å². The Morgan fingerprint density at radius 2 is 1.79 bits per heavy atom. The van der Waals surface area contributed by atoms with E-state index in [1.807, 2.05) is 23.1 Å². The van der Waals surface area contributed by atoms with Gasteiger partial charge in [-0.3, -0.25) is 19.7 Å². The Bertz CT molecular complexity index is 933. The molecule has 4 rings (SSSR count). The van der Waals surface area contributed by atoms with Crippen LogP contribution in [0.1, 0.15) is 41.6 Å². The zero-order chi connectivity index (χ0) is 19.7. The third-order valence-electron chi connectivity index (χ3n) is 5.55. The monoisotopic (exact) mass is 379 g/mol. The molecule has 0 atom stereocenters. The number of hydrogen-bond acceptors (Lipinski definition) is 4. The van der Waals surface area contributed by atoms with Gasteiger partial charge in [0.2, 0.25) is 5.91 Å². The smallest absolute Gasteiger partial charge is 0.269 e. The summed E-state index contributed by atoms with van der Waals surface area (Å²) < 4.78 is 0. The van der Waals surface area contributed by atoms with Crippen LogP contribution in [0.2, 0.25) is 0 Å². The number of amides is 2. The fourth-order valence-corrected chi connectivity index (χ4v) is 4.02. The molecule has 2 aromatic carbocycles. The Morgan fingerprint density at radius 3 is 2.46 bits per heavy atom. The van der Waals surface area contributed by atoms with Crippen molar-refractivity contribution in [3.63, 3.8) is 0 Å². The molecular weight excluding hydrogens is 358 g/mol. The van der Waals surface area contributed by atoms with Crippen LogP contribution in [0.3, 0.4) is 0 Å². The fourth-order valence-electron chi connectivity index (χ4n) is 4.02. The first-order chi connectivity index (χ1) is 13.5. The first-order valence-electron chi connectivity index (χ1n) is 9.53. The number of nitrogens with one attached hydrogen (secondary N) is 1. The van der Waals surface area contributed by atoms with Gasteiger partial charge in [0.25, 0.3) is 11.6 Å². The number of rotatable bonds is 4. The summed E-state index contributed by atoms with van der Waals surface area (Å²) in [6.07, 6.45) is 4.97. The van der Waals surface area contributed by atoms with Crippen molar-refractivity contribution in [1.29, 1.82) is 0 Å². The van der Waals surface area contributed by atoms with Crippen LogP contribution in [0.15, 0.2) is 42.5 Å². The van der Waals surface area contributed by atoms with Crippen LogP contribution in [0, 0.1) is 16.0 Å². The van der Waals surface area contributed by atoms with Gasteiger partial charge in [0.15, 0.2) is 0 Å². The molecule has 7 heteroatoms. The first kappa shape index (κ1) is 18.2. The molecule has 1 N–H and O–H groups in total. The largest absolute Gasteiger partial charge is 0.322 e. The van der Waals surface area contributed by atoms with Gasteiger partial charge in [0.05, 0.1) is 4.92 Å². The summed E-state index contributed by atoms with van der Waals surface area (Å²) in [5.41, 5.74) is 2.87. The van der Waals surface area contributed by atoms with E-state index in [0.717, 1.165) is 43.4 Å². The minimum atomic E-state index is -0.502. The maximum absolute atomic E-state index is 12.8. The van der Waals surface area contributed by atoms with Gasteiger partial charge in [-0.15, -0.1) is 0 Å². The Balaban J connectivity index is 1.50. The van der Waals surface area contributed by atoms with E-state index < -0.39 is 4.92 Å². The Hall–Kier alpha value is -3.22. The highest BCUT2D eigenvalue weighted by Gasteiger charge is 2.32. The normalized spacial score (nSPS) is 16.1. The van der Waals surface area contributed by atoms with E-state index in [-0.39, 0.29) is 23.4 Å². The maximum atomic E-state index is 12.8. The van der Waals surface area contributed by atoms with E-state index in [0.29, 0.717) is 17.8 Å². The van der Waals surface area contributed by atoms with E-state index in [2.05, 4.69) is 5.32 Å². The highest BCUT2D eigenvalue weighted by atomic mass is 16.6. The molecule has 2 amide bonds. The first-order valence-corrected chi connectivity index (χ1v) is 9.53. The van der Waals surface area contributed by atoms with E-state index >= 15 is 0 Å². The van der Waals surface area contributed by atoms with Crippen molar-refractivity contribution in [3.8, 4) is 0 Å². The van der Waals surface area contributed by atoms with Crippen molar-refractivity contribution in [3.05, 3.63) is 63.7 Å². The fraction of sp³-hybridized carbons (Fsp3) is 0.333. The predicted octanol–water partition coefficient (Wildman–Crippen LogP) is 3.93. The summed E-state index contributed by atoms with van der Waals surface area (Å²) in [6, 6.07) is 11.1. The Kier molecular flexibility index (Phi) is 4.81. The van der Waals surface area contributed by atoms with Gasteiger partial charge in [-0.05, 0) is 49.1 Å². The second-order valence-electron chi connectivity index (χ2n) is 7.32. The van der Waals surface area contributed by atoms with Crippen molar-refractivity contribution >= 4 is 28.9 Å². The van der Waals surface area contributed by atoms with Crippen LogP contribution in [0.4, 0.5) is 17.1 Å². The molecular formula is C21H21N3O4. The highest BCUT2D eigenvalue weighted by molar-refractivity contribution is 6.05. The number of nitro groups is 1. The van der Waals surface area contributed by atoms with Gasteiger partial charge in [0.1, 0.15) is 0 Å². The number of non-ortho nitro benzene ring substituents is 1. The molecule has 0 aromatic heterocycles. The number of nitro benzene ring substituents is 1. The van der Waals surface area contributed by atoms with E-state index in [1.165, 1.54) is 24.3 Å². The summed E-state index contributed by atoms with van der Waals surface area (Å²) in [7, 11) is 0. The van der Waals surface area contributed by atoms with Crippen LogP contribution in [0.5, 0.6) is 0 Å². The molecule has 0 saturated heterocycles. The summed E-state index contributed by atoms with van der Waals surface area (Å²) in [4.78, 5) is 37.4. The lowest BCUT2D eigenvalue weighted by molar-refractivity contribution is -0.384. The molecule has 28 heavy (non-hydrogen) atoms. The van der Waals surface area contributed by atoms with Gasteiger partial charge >= 0.3 is 0 Å². The number of benzene rings is 2. The van der Waals surface area contributed by atoms with Gasteiger partial charge in [-0.2, -0.15) is 0 Å². The Labute approximate surface area is 162 Å². The number of carbonyl (C=O) groups excluding carboxylic acids is 2. The molecule has 0 bridgehead atoms. The average Bonchev–Trinajstić information content (AvgIpc) is 3.37. The van der Waals surface area contributed by atoms with Crippen LogP contribution in [-0.4, -0.2) is 23.3 Å². The molecule has 1 heterocycles. The summed E-state index contributed by atoms with van der Waals surface area (Å²) in [5, 5.41) is 13.6. The number of carbonyl (C=O) groups is 2. The van der Waals surface area contributed by atoms with E-state index in [9.17, 15) is 19.7 Å². The summed E-state index contributed by atoms with van der Waals surface area (Å²) >= 11 is 0. The molecule has 2 aliphatic rings. The molecule has 0 radical (unpaired) electrons. The summed E-state index contributed by atoms with van der Waals surface area (Å²) in [5.74, 6) is -0.0408. The number of fused-ring (bicyclic) bond motifs is 1. The van der Waals surface area contributed by atoms with Gasteiger partial charge < -0.3 is 10.2 Å². The third kappa shape index (κ3) is 3.47. The van der Waals surface area contributed by atoms with E-state index in [1.54, 1.807) is 0 Å². The molecule has 1 aliphatic heterocycles.